The molecule has 0 unspecified atom stereocenters. The lowest BCUT2D eigenvalue weighted by atomic mass is 10.1. The van der Waals surface area contributed by atoms with E-state index in [2.05, 4.69) is 5.32 Å². The zero-order chi connectivity index (χ0) is 20.5. The van der Waals surface area contributed by atoms with E-state index in [0.717, 1.165) is 16.9 Å². The van der Waals surface area contributed by atoms with Crippen molar-refractivity contribution >= 4 is 11.8 Å². The summed E-state index contributed by atoms with van der Waals surface area (Å²) in [6, 6.07) is 14.3. The van der Waals surface area contributed by atoms with Crippen molar-refractivity contribution in [1.82, 2.24) is 10.2 Å². The van der Waals surface area contributed by atoms with E-state index >= 15 is 0 Å². The zero-order valence-corrected chi connectivity index (χ0v) is 16.9. The minimum Gasteiger partial charge on any atom is -0.497 e. The lowest BCUT2D eigenvalue weighted by Crippen LogP contribution is -2.49. The molecule has 2 aromatic carbocycles. The Morgan fingerprint density at radius 3 is 2.39 bits per heavy atom. The second-order valence-electron chi connectivity index (χ2n) is 6.49. The lowest BCUT2D eigenvalue weighted by Gasteiger charge is -2.28. The summed E-state index contributed by atoms with van der Waals surface area (Å²) in [4.78, 5) is 26.8. The van der Waals surface area contributed by atoms with Gasteiger partial charge in [0.1, 0.15) is 17.5 Å². The highest BCUT2D eigenvalue weighted by Gasteiger charge is 2.26. The van der Waals surface area contributed by atoms with Crippen molar-refractivity contribution in [3.8, 4) is 11.5 Å². The van der Waals surface area contributed by atoms with Crippen LogP contribution in [0.25, 0.3) is 0 Å². The largest absolute Gasteiger partial charge is 0.497 e. The fourth-order valence-electron chi connectivity index (χ4n) is 2.77. The standard InChI is InChI=1S/C22H28N2O4/c1-5-23-22(26)17(3)24(14-18-10-12-19(27-4)13-11-18)21(25)15-28-20-9-7-6-8-16(20)2/h6-13,17H,5,14-15H2,1-4H3,(H,23,26)/t17-/m0/s1. The molecule has 0 bridgehead atoms. The number of amides is 2. The molecule has 0 saturated heterocycles. The van der Waals surface area contributed by atoms with E-state index < -0.39 is 6.04 Å². The molecule has 150 valence electrons. The highest BCUT2D eigenvalue weighted by molar-refractivity contribution is 5.87. The Hall–Kier alpha value is -3.02. The number of hydrogen-bond acceptors (Lipinski definition) is 4. The van der Waals surface area contributed by atoms with Gasteiger partial charge < -0.3 is 19.7 Å². The monoisotopic (exact) mass is 384 g/mol. The van der Waals surface area contributed by atoms with E-state index in [1.165, 1.54) is 4.90 Å². The number of hydrogen-bond donors (Lipinski definition) is 1. The van der Waals surface area contributed by atoms with Gasteiger partial charge in [-0.1, -0.05) is 30.3 Å². The van der Waals surface area contributed by atoms with Crippen LogP contribution in [0.2, 0.25) is 0 Å². The second kappa shape index (κ2) is 10.3. The molecule has 0 aliphatic rings. The number of nitrogens with zero attached hydrogens (tertiary/aromatic N) is 1. The van der Waals surface area contributed by atoms with Crippen LogP contribution in [-0.4, -0.2) is 43.0 Å². The van der Waals surface area contributed by atoms with Crippen molar-refractivity contribution in [2.75, 3.05) is 20.3 Å². The fourth-order valence-corrected chi connectivity index (χ4v) is 2.77. The maximum Gasteiger partial charge on any atom is 0.261 e. The van der Waals surface area contributed by atoms with Gasteiger partial charge in [0.15, 0.2) is 6.61 Å². The molecule has 1 atom stereocenters. The van der Waals surface area contributed by atoms with Crippen LogP contribution in [0.5, 0.6) is 11.5 Å². The third-order valence-electron chi connectivity index (χ3n) is 4.48. The van der Waals surface area contributed by atoms with Gasteiger partial charge in [-0.05, 0) is 50.1 Å². The number of aryl methyl sites for hydroxylation is 1. The Balaban J connectivity index is 2.14. The minimum atomic E-state index is -0.616. The van der Waals surface area contributed by atoms with Gasteiger partial charge in [0, 0.05) is 13.1 Å². The summed E-state index contributed by atoms with van der Waals surface area (Å²) in [7, 11) is 1.60. The molecule has 2 amide bonds. The van der Waals surface area contributed by atoms with E-state index in [-0.39, 0.29) is 18.4 Å². The molecule has 0 aliphatic carbocycles. The third kappa shape index (κ3) is 5.74. The van der Waals surface area contributed by atoms with Crippen LogP contribution >= 0.6 is 0 Å². The third-order valence-corrected chi connectivity index (χ3v) is 4.48. The van der Waals surface area contributed by atoms with Crippen molar-refractivity contribution in [2.45, 2.75) is 33.4 Å². The molecular formula is C22H28N2O4. The van der Waals surface area contributed by atoms with Gasteiger partial charge in [0.2, 0.25) is 5.91 Å². The van der Waals surface area contributed by atoms with Crippen molar-refractivity contribution < 1.29 is 19.1 Å². The number of benzene rings is 2. The Bertz CT molecular complexity index is 789. The predicted molar refractivity (Wildman–Crippen MR) is 108 cm³/mol. The summed E-state index contributed by atoms with van der Waals surface area (Å²) in [5.74, 6) is 0.949. The summed E-state index contributed by atoms with van der Waals surface area (Å²) in [6.07, 6.45) is 0. The summed E-state index contributed by atoms with van der Waals surface area (Å²) < 4.78 is 10.9. The average Bonchev–Trinajstić information content (AvgIpc) is 2.71. The number of likely N-dealkylation sites (N-methyl/N-ethyl adjacent to an activating group) is 1. The molecule has 0 spiro atoms. The van der Waals surface area contributed by atoms with Gasteiger partial charge in [0.05, 0.1) is 7.11 Å². The molecule has 0 radical (unpaired) electrons. The van der Waals surface area contributed by atoms with Gasteiger partial charge in [-0.15, -0.1) is 0 Å². The van der Waals surface area contributed by atoms with Gasteiger partial charge in [-0.25, -0.2) is 0 Å². The summed E-state index contributed by atoms with van der Waals surface area (Å²) in [5.41, 5.74) is 1.86. The molecule has 0 aromatic heterocycles. The normalized spacial score (nSPS) is 11.4. The minimum absolute atomic E-state index is 0.134. The van der Waals surface area contributed by atoms with Crippen LogP contribution in [0.1, 0.15) is 25.0 Å². The van der Waals surface area contributed by atoms with Crippen molar-refractivity contribution in [1.29, 1.82) is 0 Å². The highest BCUT2D eigenvalue weighted by Crippen LogP contribution is 2.18. The maximum atomic E-state index is 12.9. The smallest absolute Gasteiger partial charge is 0.261 e. The summed E-state index contributed by atoms with van der Waals surface area (Å²) >= 11 is 0. The van der Waals surface area contributed by atoms with Crippen molar-refractivity contribution in [3.05, 3.63) is 59.7 Å². The first-order chi connectivity index (χ1) is 13.5. The molecule has 2 rings (SSSR count). The van der Waals surface area contributed by atoms with Crippen LogP contribution in [0.3, 0.4) is 0 Å². The van der Waals surface area contributed by atoms with Gasteiger partial charge in [-0.2, -0.15) is 0 Å². The molecular weight excluding hydrogens is 356 g/mol. The van der Waals surface area contributed by atoms with Gasteiger partial charge in [-0.3, -0.25) is 9.59 Å². The maximum absolute atomic E-state index is 12.9. The summed E-state index contributed by atoms with van der Waals surface area (Å²) in [5, 5.41) is 2.77. The molecule has 0 saturated carbocycles. The van der Waals surface area contributed by atoms with E-state index in [1.807, 2.05) is 62.4 Å². The topological polar surface area (TPSA) is 67.9 Å². The van der Waals surface area contributed by atoms with Crippen LogP contribution in [-0.2, 0) is 16.1 Å². The lowest BCUT2D eigenvalue weighted by molar-refractivity contribution is -0.142. The molecule has 0 heterocycles. The fraction of sp³-hybridized carbons (Fsp3) is 0.364. The van der Waals surface area contributed by atoms with E-state index in [0.29, 0.717) is 18.8 Å². The Morgan fingerprint density at radius 2 is 1.79 bits per heavy atom. The Labute approximate surface area is 166 Å². The first-order valence-electron chi connectivity index (χ1n) is 9.34. The van der Waals surface area contributed by atoms with Crippen molar-refractivity contribution in [2.24, 2.45) is 0 Å². The molecule has 0 aliphatic heterocycles. The number of rotatable bonds is 9. The zero-order valence-electron chi connectivity index (χ0n) is 16.9. The molecule has 1 N–H and O–H groups in total. The molecule has 2 aromatic rings. The molecule has 28 heavy (non-hydrogen) atoms. The van der Waals surface area contributed by atoms with Crippen LogP contribution < -0.4 is 14.8 Å². The van der Waals surface area contributed by atoms with Crippen LogP contribution in [0.15, 0.2) is 48.5 Å². The second-order valence-corrected chi connectivity index (χ2v) is 6.49. The first kappa shape index (κ1) is 21.3. The predicted octanol–water partition coefficient (Wildman–Crippen LogP) is 2.94. The highest BCUT2D eigenvalue weighted by atomic mass is 16.5. The Kier molecular flexibility index (Phi) is 7.87. The van der Waals surface area contributed by atoms with Gasteiger partial charge in [0.25, 0.3) is 5.91 Å². The van der Waals surface area contributed by atoms with Gasteiger partial charge >= 0.3 is 0 Å². The molecule has 0 fully saturated rings. The summed E-state index contributed by atoms with van der Waals surface area (Å²) in [6.45, 7) is 6.17. The SMILES string of the molecule is CCNC(=O)[C@H](C)N(Cc1ccc(OC)cc1)C(=O)COc1ccccc1C. The number of ether oxygens (including phenoxy) is 2. The van der Waals surface area contributed by atoms with E-state index in [9.17, 15) is 9.59 Å². The average molecular weight is 384 g/mol. The molecule has 6 nitrogen and oxygen atoms in total. The number of methoxy groups -OCH3 is 1. The molecule has 6 heteroatoms. The van der Waals surface area contributed by atoms with Crippen LogP contribution in [0.4, 0.5) is 0 Å². The van der Waals surface area contributed by atoms with Crippen LogP contribution in [0, 0.1) is 6.92 Å². The number of carbonyl (C=O) groups is 2. The quantitative estimate of drug-likeness (QED) is 0.722. The number of nitrogens with one attached hydrogen (secondary N) is 1. The Morgan fingerprint density at radius 1 is 1.11 bits per heavy atom. The number of para-hydroxylation sites is 1. The van der Waals surface area contributed by atoms with E-state index in [1.54, 1.807) is 14.0 Å². The number of carbonyl (C=O) groups excluding carboxylic acids is 2. The first-order valence-corrected chi connectivity index (χ1v) is 9.34. The van der Waals surface area contributed by atoms with Crippen molar-refractivity contribution in [3.63, 3.8) is 0 Å². The van der Waals surface area contributed by atoms with E-state index in [4.69, 9.17) is 9.47 Å².